The molecule has 0 bridgehead atoms. The molecule has 2 nitrogen and oxygen atoms in total. The number of benzene rings is 1. The van der Waals surface area contributed by atoms with Crippen molar-refractivity contribution in [2.24, 2.45) is 11.7 Å². The molecular weight excluding hydrogens is 263 g/mol. The summed E-state index contributed by atoms with van der Waals surface area (Å²) < 4.78 is 14.4. The molecule has 0 aliphatic carbocycles. The fourth-order valence-electron chi connectivity index (χ4n) is 3.31. The highest BCUT2D eigenvalue weighted by atomic mass is 19.1. The molecule has 0 aromatic heterocycles. The molecule has 0 fully saturated rings. The molecule has 0 amide bonds. The second-order valence-electron chi connectivity index (χ2n) is 6.74. The van der Waals surface area contributed by atoms with Crippen LogP contribution in [0.5, 0.6) is 0 Å². The summed E-state index contributed by atoms with van der Waals surface area (Å²) in [7, 11) is 4.09. The van der Waals surface area contributed by atoms with Gasteiger partial charge in [-0.2, -0.15) is 0 Å². The van der Waals surface area contributed by atoms with Gasteiger partial charge in [0.25, 0.3) is 0 Å². The fraction of sp³-hybridized carbons (Fsp3) is 0.667. The Hall–Kier alpha value is -0.930. The third-order valence-electron chi connectivity index (χ3n) is 4.17. The summed E-state index contributed by atoms with van der Waals surface area (Å²) in [5.74, 6) is 0.225. The van der Waals surface area contributed by atoms with Gasteiger partial charge in [-0.1, -0.05) is 51.8 Å². The van der Waals surface area contributed by atoms with Crippen molar-refractivity contribution >= 4 is 0 Å². The van der Waals surface area contributed by atoms with Crippen LogP contribution in [0.4, 0.5) is 4.39 Å². The number of nitrogens with two attached hydrogens (primary N) is 1. The van der Waals surface area contributed by atoms with Gasteiger partial charge in [-0.25, -0.2) is 4.39 Å². The predicted octanol–water partition coefficient (Wildman–Crippen LogP) is 4.15. The van der Waals surface area contributed by atoms with E-state index in [2.05, 4.69) is 25.7 Å². The normalized spacial score (nSPS) is 16.2. The van der Waals surface area contributed by atoms with Crippen LogP contribution >= 0.6 is 0 Å². The highest BCUT2D eigenvalue weighted by Crippen LogP contribution is 2.35. The van der Waals surface area contributed by atoms with E-state index in [-0.39, 0.29) is 11.9 Å². The first-order valence-electron chi connectivity index (χ1n) is 8.03. The lowest BCUT2D eigenvalue weighted by Crippen LogP contribution is -2.55. The van der Waals surface area contributed by atoms with Crippen LogP contribution in [0.15, 0.2) is 24.3 Å². The van der Waals surface area contributed by atoms with Gasteiger partial charge in [0.15, 0.2) is 0 Å². The number of rotatable bonds is 8. The SMILES string of the molecule is CCCCC(N(C)C)C(N)(CC(C)C)c1ccccc1F. The Bertz CT molecular complexity index is 431. The second kappa shape index (κ2) is 7.90. The molecule has 0 saturated carbocycles. The molecule has 0 aliphatic heterocycles. The average Bonchev–Trinajstić information content (AvgIpc) is 2.38. The molecule has 0 spiro atoms. The maximum absolute atomic E-state index is 14.4. The lowest BCUT2D eigenvalue weighted by molar-refractivity contribution is 0.137. The third-order valence-corrected chi connectivity index (χ3v) is 4.17. The predicted molar refractivity (Wildman–Crippen MR) is 88.7 cm³/mol. The molecule has 0 radical (unpaired) electrons. The molecular formula is C18H31FN2. The van der Waals surface area contributed by atoms with Gasteiger partial charge >= 0.3 is 0 Å². The number of unbranched alkanes of at least 4 members (excludes halogenated alkanes) is 1. The van der Waals surface area contributed by atoms with Gasteiger partial charge < -0.3 is 10.6 Å². The highest BCUT2D eigenvalue weighted by Gasteiger charge is 2.39. The van der Waals surface area contributed by atoms with Crippen molar-refractivity contribution in [3.8, 4) is 0 Å². The summed E-state index contributed by atoms with van der Waals surface area (Å²) in [5, 5.41) is 0. The Morgan fingerprint density at radius 2 is 1.86 bits per heavy atom. The zero-order chi connectivity index (χ0) is 16.0. The van der Waals surface area contributed by atoms with E-state index in [0.29, 0.717) is 11.5 Å². The molecule has 0 saturated heterocycles. The second-order valence-corrected chi connectivity index (χ2v) is 6.74. The van der Waals surface area contributed by atoms with Crippen molar-refractivity contribution in [2.75, 3.05) is 14.1 Å². The molecule has 0 heterocycles. The van der Waals surface area contributed by atoms with E-state index >= 15 is 0 Å². The maximum Gasteiger partial charge on any atom is 0.128 e. The largest absolute Gasteiger partial charge is 0.320 e. The monoisotopic (exact) mass is 294 g/mol. The summed E-state index contributed by atoms with van der Waals surface area (Å²) in [6.07, 6.45) is 4.00. The first-order valence-corrected chi connectivity index (χ1v) is 8.03. The topological polar surface area (TPSA) is 29.3 Å². The van der Waals surface area contributed by atoms with Crippen LogP contribution in [-0.4, -0.2) is 25.0 Å². The van der Waals surface area contributed by atoms with E-state index in [1.807, 2.05) is 26.2 Å². The summed E-state index contributed by atoms with van der Waals surface area (Å²) in [6, 6.07) is 7.11. The van der Waals surface area contributed by atoms with E-state index in [1.165, 1.54) is 6.07 Å². The lowest BCUT2D eigenvalue weighted by Gasteiger charge is -2.43. The fourth-order valence-corrected chi connectivity index (χ4v) is 3.31. The molecule has 1 aromatic carbocycles. The van der Waals surface area contributed by atoms with E-state index in [1.54, 1.807) is 6.07 Å². The third kappa shape index (κ3) is 4.52. The molecule has 2 atom stereocenters. The van der Waals surface area contributed by atoms with Crippen molar-refractivity contribution in [1.29, 1.82) is 0 Å². The van der Waals surface area contributed by atoms with Crippen LogP contribution in [0.25, 0.3) is 0 Å². The minimum Gasteiger partial charge on any atom is -0.320 e. The van der Waals surface area contributed by atoms with Crippen molar-refractivity contribution in [1.82, 2.24) is 4.90 Å². The van der Waals surface area contributed by atoms with E-state index < -0.39 is 5.54 Å². The smallest absolute Gasteiger partial charge is 0.128 e. The quantitative estimate of drug-likeness (QED) is 0.780. The minimum atomic E-state index is -0.655. The van der Waals surface area contributed by atoms with Gasteiger partial charge in [0, 0.05) is 11.6 Å². The first kappa shape index (κ1) is 18.1. The zero-order valence-electron chi connectivity index (χ0n) is 14.2. The minimum absolute atomic E-state index is 0.136. The summed E-state index contributed by atoms with van der Waals surface area (Å²) in [4.78, 5) is 2.16. The van der Waals surface area contributed by atoms with Gasteiger partial charge in [0.05, 0.1) is 5.54 Å². The average molecular weight is 294 g/mol. The van der Waals surface area contributed by atoms with Crippen LogP contribution in [0, 0.1) is 11.7 Å². The van der Waals surface area contributed by atoms with Crippen molar-refractivity contribution in [2.45, 2.75) is 58.0 Å². The van der Waals surface area contributed by atoms with E-state index in [9.17, 15) is 4.39 Å². The standard InChI is InChI=1S/C18H31FN2/c1-6-7-12-17(21(4)5)18(20,13-14(2)3)15-10-8-9-11-16(15)19/h8-11,14,17H,6-7,12-13,20H2,1-5H3. The Balaban J connectivity index is 3.26. The number of likely N-dealkylation sites (N-methyl/N-ethyl adjacent to an activating group) is 1. The molecule has 120 valence electrons. The van der Waals surface area contributed by atoms with Gasteiger partial charge in [0.2, 0.25) is 0 Å². The molecule has 2 N–H and O–H groups in total. The van der Waals surface area contributed by atoms with Crippen molar-refractivity contribution in [3.63, 3.8) is 0 Å². The molecule has 1 rings (SSSR count). The first-order chi connectivity index (χ1) is 9.82. The Morgan fingerprint density at radius 3 is 2.33 bits per heavy atom. The lowest BCUT2D eigenvalue weighted by atomic mass is 9.75. The Kier molecular flexibility index (Phi) is 6.82. The Labute approximate surface area is 129 Å². The van der Waals surface area contributed by atoms with Crippen LogP contribution in [0.2, 0.25) is 0 Å². The summed E-state index contributed by atoms with van der Waals surface area (Å²) >= 11 is 0. The number of hydrogen-bond donors (Lipinski definition) is 1. The molecule has 1 aromatic rings. The summed E-state index contributed by atoms with van der Waals surface area (Å²) in [5.41, 5.74) is 6.82. The number of hydrogen-bond acceptors (Lipinski definition) is 2. The van der Waals surface area contributed by atoms with Crippen molar-refractivity contribution in [3.05, 3.63) is 35.6 Å². The number of nitrogens with zero attached hydrogens (tertiary/aromatic N) is 1. The molecule has 21 heavy (non-hydrogen) atoms. The molecule has 2 unspecified atom stereocenters. The maximum atomic E-state index is 14.4. The van der Waals surface area contributed by atoms with Gasteiger partial charge in [0.1, 0.15) is 5.82 Å². The zero-order valence-corrected chi connectivity index (χ0v) is 14.2. The van der Waals surface area contributed by atoms with Crippen LogP contribution in [-0.2, 0) is 5.54 Å². The van der Waals surface area contributed by atoms with E-state index in [0.717, 1.165) is 25.7 Å². The van der Waals surface area contributed by atoms with Gasteiger partial charge in [-0.3, -0.25) is 0 Å². The van der Waals surface area contributed by atoms with Gasteiger partial charge in [-0.15, -0.1) is 0 Å². The van der Waals surface area contributed by atoms with Crippen molar-refractivity contribution < 1.29 is 4.39 Å². The number of halogens is 1. The Morgan fingerprint density at radius 1 is 1.24 bits per heavy atom. The van der Waals surface area contributed by atoms with Crippen LogP contribution in [0.1, 0.15) is 52.0 Å². The van der Waals surface area contributed by atoms with Crippen LogP contribution in [0.3, 0.4) is 0 Å². The van der Waals surface area contributed by atoms with Crippen LogP contribution < -0.4 is 5.73 Å². The van der Waals surface area contributed by atoms with Gasteiger partial charge in [-0.05, 0) is 38.9 Å². The summed E-state index contributed by atoms with van der Waals surface area (Å²) in [6.45, 7) is 6.47. The molecule has 0 aliphatic rings. The molecule has 3 heteroatoms. The van der Waals surface area contributed by atoms with E-state index in [4.69, 9.17) is 5.73 Å². The highest BCUT2D eigenvalue weighted by molar-refractivity contribution is 5.28.